The van der Waals surface area contributed by atoms with E-state index in [1.807, 2.05) is 16.7 Å². The Morgan fingerprint density at radius 2 is 2.25 bits per heavy atom. The van der Waals surface area contributed by atoms with Gasteiger partial charge in [-0.1, -0.05) is 0 Å². The Morgan fingerprint density at radius 1 is 1.44 bits per heavy atom. The van der Waals surface area contributed by atoms with Gasteiger partial charge in [-0.15, -0.1) is 11.8 Å². The lowest BCUT2D eigenvalue weighted by atomic mass is 10.2. The van der Waals surface area contributed by atoms with Gasteiger partial charge < -0.3 is 16.0 Å². The molecule has 2 fully saturated rings. The second kappa shape index (κ2) is 4.63. The van der Waals surface area contributed by atoms with Crippen LogP contribution in [-0.2, 0) is 9.59 Å². The molecule has 1 atom stereocenters. The summed E-state index contributed by atoms with van der Waals surface area (Å²) >= 11 is 1.90. The Kier molecular flexibility index (Phi) is 3.39. The van der Waals surface area contributed by atoms with Crippen molar-refractivity contribution in [3.05, 3.63) is 0 Å². The first-order chi connectivity index (χ1) is 7.61. The van der Waals surface area contributed by atoms with Crippen LogP contribution in [0.1, 0.15) is 19.3 Å². The lowest BCUT2D eigenvalue weighted by Crippen LogP contribution is -2.41. The molecule has 0 bridgehead atoms. The maximum Gasteiger partial charge on any atom is 0.223 e. The molecule has 1 spiro atoms. The van der Waals surface area contributed by atoms with Crippen LogP contribution in [0.5, 0.6) is 0 Å². The summed E-state index contributed by atoms with van der Waals surface area (Å²) < 4.78 is 0. The molecule has 2 saturated heterocycles. The van der Waals surface area contributed by atoms with Crippen molar-refractivity contribution in [1.82, 2.24) is 10.2 Å². The minimum absolute atomic E-state index is 0.0463. The number of carbonyl (C=O) groups excluding carboxylic acids is 2. The van der Waals surface area contributed by atoms with Crippen LogP contribution in [0.15, 0.2) is 0 Å². The van der Waals surface area contributed by atoms with Crippen LogP contribution in [0.3, 0.4) is 0 Å². The Bertz CT molecular complexity index is 302. The van der Waals surface area contributed by atoms with Crippen molar-refractivity contribution in [1.29, 1.82) is 0 Å². The van der Waals surface area contributed by atoms with E-state index in [1.54, 1.807) is 0 Å². The van der Waals surface area contributed by atoms with Crippen LogP contribution in [0.2, 0.25) is 0 Å². The van der Waals surface area contributed by atoms with Gasteiger partial charge in [0.15, 0.2) is 0 Å². The summed E-state index contributed by atoms with van der Waals surface area (Å²) in [5.41, 5.74) is 5.03. The third kappa shape index (κ3) is 2.49. The van der Waals surface area contributed by atoms with E-state index in [-0.39, 0.29) is 23.6 Å². The van der Waals surface area contributed by atoms with Crippen LogP contribution < -0.4 is 11.1 Å². The molecule has 0 saturated carbocycles. The van der Waals surface area contributed by atoms with E-state index < -0.39 is 5.91 Å². The second-order valence-corrected chi connectivity index (χ2v) is 5.78. The fourth-order valence-corrected chi connectivity index (χ4v) is 3.50. The smallest absolute Gasteiger partial charge is 0.223 e. The lowest BCUT2D eigenvalue weighted by molar-refractivity contribution is -0.132. The third-order valence-corrected chi connectivity index (χ3v) is 4.54. The van der Waals surface area contributed by atoms with Crippen LogP contribution in [0, 0.1) is 0 Å². The summed E-state index contributed by atoms with van der Waals surface area (Å²) in [6, 6.07) is 0. The first-order valence-electron chi connectivity index (χ1n) is 5.56. The SMILES string of the molecule is NC(=O)CCC(=O)N1CCC2(C1)NCCS2. The van der Waals surface area contributed by atoms with Gasteiger partial charge in [-0.25, -0.2) is 0 Å². The van der Waals surface area contributed by atoms with Gasteiger partial charge in [0.25, 0.3) is 0 Å². The van der Waals surface area contributed by atoms with Crippen molar-refractivity contribution < 1.29 is 9.59 Å². The van der Waals surface area contributed by atoms with E-state index in [1.165, 1.54) is 0 Å². The Hall–Kier alpha value is -0.750. The summed E-state index contributed by atoms with van der Waals surface area (Å²) in [7, 11) is 0. The molecular weight excluding hydrogens is 226 g/mol. The Balaban J connectivity index is 1.83. The van der Waals surface area contributed by atoms with Gasteiger partial charge in [0.1, 0.15) is 0 Å². The van der Waals surface area contributed by atoms with E-state index >= 15 is 0 Å². The van der Waals surface area contributed by atoms with Crippen molar-refractivity contribution in [3.8, 4) is 0 Å². The number of nitrogens with one attached hydrogen (secondary N) is 1. The number of rotatable bonds is 3. The molecule has 0 aliphatic carbocycles. The lowest BCUT2D eigenvalue weighted by Gasteiger charge is -2.23. The highest BCUT2D eigenvalue weighted by atomic mass is 32.2. The molecular formula is C10H17N3O2S. The summed E-state index contributed by atoms with van der Waals surface area (Å²) in [5.74, 6) is 0.754. The molecule has 6 heteroatoms. The molecule has 2 aliphatic rings. The highest BCUT2D eigenvalue weighted by Crippen LogP contribution is 2.36. The van der Waals surface area contributed by atoms with E-state index in [2.05, 4.69) is 5.32 Å². The molecule has 2 rings (SSSR count). The molecule has 3 N–H and O–H groups in total. The summed E-state index contributed by atoms with van der Waals surface area (Å²) in [6.45, 7) is 2.57. The monoisotopic (exact) mass is 243 g/mol. The normalized spacial score (nSPS) is 28.9. The molecule has 2 heterocycles. The minimum atomic E-state index is -0.407. The highest BCUT2D eigenvalue weighted by molar-refractivity contribution is 8.00. The van der Waals surface area contributed by atoms with Gasteiger partial charge in [-0.3, -0.25) is 9.59 Å². The molecule has 2 amide bonds. The standard InChI is InChI=1S/C10H17N3O2S/c11-8(14)1-2-9(15)13-5-3-10(7-13)12-4-6-16-10/h12H,1-7H2,(H2,11,14). The molecule has 0 radical (unpaired) electrons. The number of nitrogens with zero attached hydrogens (tertiary/aromatic N) is 1. The number of carbonyl (C=O) groups is 2. The molecule has 1 unspecified atom stereocenters. The maximum absolute atomic E-state index is 11.8. The zero-order valence-corrected chi connectivity index (χ0v) is 10.0. The fourth-order valence-electron chi connectivity index (χ4n) is 2.22. The third-order valence-electron chi connectivity index (χ3n) is 3.10. The number of likely N-dealkylation sites (tertiary alicyclic amines) is 1. The van der Waals surface area contributed by atoms with Crippen molar-refractivity contribution >= 4 is 23.6 Å². The molecule has 5 nitrogen and oxygen atoms in total. The summed E-state index contributed by atoms with van der Waals surface area (Å²) in [6.07, 6.45) is 1.40. The Morgan fingerprint density at radius 3 is 2.88 bits per heavy atom. The molecule has 0 aromatic rings. The number of thioether (sulfide) groups is 1. The fraction of sp³-hybridized carbons (Fsp3) is 0.800. The predicted octanol–water partition coefficient (Wildman–Crippen LogP) is -0.483. The first kappa shape index (κ1) is 11.7. The van der Waals surface area contributed by atoms with Crippen LogP contribution in [0.25, 0.3) is 0 Å². The van der Waals surface area contributed by atoms with Gasteiger partial charge in [-0.2, -0.15) is 0 Å². The molecule has 90 valence electrons. The van der Waals surface area contributed by atoms with Crippen molar-refractivity contribution in [2.24, 2.45) is 5.73 Å². The zero-order valence-electron chi connectivity index (χ0n) is 9.20. The first-order valence-corrected chi connectivity index (χ1v) is 6.55. The number of amides is 2. The van der Waals surface area contributed by atoms with E-state index in [9.17, 15) is 9.59 Å². The number of primary amides is 1. The molecule has 2 aliphatic heterocycles. The minimum Gasteiger partial charge on any atom is -0.370 e. The van der Waals surface area contributed by atoms with Gasteiger partial charge >= 0.3 is 0 Å². The molecule has 0 aromatic heterocycles. The van der Waals surface area contributed by atoms with E-state index in [0.717, 1.165) is 31.8 Å². The van der Waals surface area contributed by atoms with Gasteiger partial charge in [0, 0.05) is 38.2 Å². The van der Waals surface area contributed by atoms with Crippen LogP contribution in [0.4, 0.5) is 0 Å². The average molecular weight is 243 g/mol. The number of nitrogens with two attached hydrogens (primary N) is 1. The Labute approximate surface area is 99.1 Å². The summed E-state index contributed by atoms with van der Waals surface area (Å²) in [4.78, 5) is 24.3. The van der Waals surface area contributed by atoms with Crippen LogP contribution in [-0.4, -0.2) is 47.0 Å². The topological polar surface area (TPSA) is 75.4 Å². The van der Waals surface area contributed by atoms with E-state index in [0.29, 0.717) is 0 Å². The highest BCUT2D eigenvalue weighted by Gasteiger charge is 2.42. The predicted molar refractivity (Wildman–Crippen MR) is 62.8 cm³/mol. The zero-order chi connectivity index (χ0) is 11.6. The van der Waals surface area contributed by atoms with Gasteiger partial charge in [-0.05, 0) is 6.42 Å². The largest absolute Gasteiger partial charge is 0.370 e. The number of hydrogen-bond donors (Lipinski definition) is 2. The van der Waals surface area contributed by atoms with Gasteiger partial charge in [0.2, 0.25) is 11.8 Å². The van der Waals surface area contributed by atoms with Crippen molar-refractivity contribution in [2.45, 2.75) is 24.1 Å². The van der Waals surface area contributed by atoms with Gasteiger partial charge in [0.05, 0.1) is 4.87 Å². The average Bonchev–Trinajstić information content (AvgIpc) is 2.86. The van der Waals surface area contributed by atoms with E-state index in [4.69, 9.17) is 5.73 Å². The molecule has 16 heavy (non-hydrogen) atoms. The van der Waals surface area contributed by atoms with Crippen molar-refractivity contribution in [2.75, 3.05) is 25.4 Å². The maximum atomic E-state index is 11.8. The van der Waals surface area contributed by atoms with Crippen molar-refractivity contribution in [3.63, 3.8) is 0 Å². The second-order valence-electron chi connectivity index (χ2n) is 4.30. The summed E-state index contributed by atoms with van der Waals surface area (Å²) in [5, 5.41) is 3.46. The number of hydrogen-bond acceptors (Lipinski definition) is 4. The van der Waals surface area contributed by atoms with Crippen LogP contribution >= 0.6 is 11.8 Å². The molecule has 0 aromatic carbocycles. The quantitative estimate of drug-likeness (QED) is 0.702.